The van der Waals surface area contributed by atoms with Gasteiger partial charge in [0.1, 0.15) is 0 Å². The average molecular weight is 241 g/mol. The number of anilines is 1. The average Bonchev–Trinajstić information content (AvgIpc) is 2.75. The maximum Gasteiger partial charge on any atom is 0.271 e. The number of thioether (sulfide) groups is 1. The Labute approximate surface area is 95.6 Å². The molecule has 5 heteroatoms. The Morgan fingerprint density at radius 2 is 2.12 bits per heavy atom. The normalized spacial score (nSPS) is 27.4. The first-order valence-corrected chi connectivity index (χ1v) is 5.86. The largest absolute Gasteiger partial charge is 0.290 e. The molecule has 16 heavy (non-hydrogen) atoms. The molecule has 84 valence electrons. The molecule has 0 aliphatic carbocycles. The molecule has 2 aliphatic rings. The first kappa shape index (κ1) is 10.1. The fraction of sp³-hybridized carbons (Fsp3) is 0.364. The van der Waals surface area contributed by atoms with Gasteiger partial charge in [0.2, 0.25) is 5.91 Å². The van der Waals surface area contributed by atoms with Crippen LogP contribution < -0.4 is 4.90 Å². The molecule has 3 rings (SSSR count). The van der Waals surface area contributed by atoms with Crippen molar-refractivity contribution in [1.29, 1.82) is 0 Å². The van der Waals surface area contributed by atoms with Gasteiger partial charge < -0.3 is 0 Å². The number of halogens is 2. The van der Waals surface area contributed by atoms with E-state index in [-0.39, 0.29) is 18.7 Å². The molecule has 2 nitrogen and oxygen atoms in total. The molecule has 0 aromatic heterocycles. The summed E-state index contributed by atoms with van der Waals surface area (Å²) in [5, 5.41) is 0. The number of carbonyl (C=O) groups is 1. The van der Waals surface area contributed by atoms with Crippen LogP contribution in [0.2, 0.25) is 0 Å². The third kappa shape index (κ3) is 1.09. The van der Waals surface area contributed by atoms with Crippen LogP contribution in [0, 0.1) is 0 Å². The van der Waals surface area contributed by atoms with Gasteiger partial charge in [-0.1, -0.05) is 23.9 Å². The van der Waals surface area contributed by atoms with Crippen molar-refractivity contribution in [3.63, 3.8) is 0 Å². The molecule has 0 saturated carbocycles. The van der Waals surface area contributed by atoms with Gasteiger partial charge in [-0.15, -0.1) is 0 Å². The van der Waals surface area contributed by atoms with Gasteiger partial charge in [0.15, 0.2) is 4.87 Å². The second-order valence-corrected chi connectivity index (χ2v) is 5.30. The maximum absolute atomic E-state index is 13.2. The van der Waals surface area contributed by atoms with Gasteiger partial charge in [-0.3, -0.25) is 9.69 Å². The zero-order valence-corrected chi connectivity index (χ0v) is 9.14. The summed E-state index contributed by atoms with van der Waals surface area (Å²) in [4.78, 5) is 12.4. The molecule has 1 atom stereocenters. The molecule has 0 unspecified atom stereocenters. The molecular formula is C11H9F2NOS. The van der Waals surface area contributed by atoms with E-state index in [9.17, 15) is 13.6 Å². The fourth-order valence-electron chi connectivity index (χ4n) is 2.33. The van der Waals surface area contributed by atoms with E-state index < -0.39 is 11.3 Å². The Kier molecular flexibility index (Phi) is 2.01. The predicted octanol–water partition coefficient (Wildman–Crippen LogP) is 2.88. The summed E-state index contributed by atoms with van der Waals surface area (Å²) in [7, 11) is 0. The Morgan fingerprint density at radius 3 is 2.88 bits per heavy atom. The Bertz CT molecular complexity index is 465. The van der Waals surface area contributed by atoms with E-state index in [4.69, 9.17) is 0 Å². The molecule has 1 aromatic rings. The molecule has 0 spiro atoms. The van der Waals surface area contributed by atoms with E-state index in [0.29, 0.717) is 5.69 Å². The lowest BCUT2D eigenvalue weighted by Gasteiger charge is -2.29. The highest BCUT2D eigenvalue weighted by Gasteiger charge is 2.57. The third-order valence-corrected chi connectivity index (χ3v) is 4.54. The summed E-state index contributed by atoms with van der Waals surface area (Å²) in [5.74, 6) is -0.197. The SMILES string of the molecule is O=C1CC[C@]2(C(F)F)Sc3ccccc3N12. The fourth-order valence-corrected chi connectivity index (χ4v) is 3.70. The summed E-state index contributed by atoms with van der Waals surface area (Å²) >= 11 is 1.12. The molecule has 0 radical (unpaired) electrons. The summed E-state index contributed by atoms with van der Waals surface area (Å²) in [6, 6.07) is 7.09. The number of hydrogen-bond donors (Lipinski definition) is 0. The third-order valence-electron chi connectivity index (χ3n) is 3.06. The number of hydrogen-bond acceptors (Lipinski definition) is 2. The molecule has 1 fully saturated rings. The van der Waals surface area contributed by atoms with Crippen LogP contribution in [0.15, 0.2) is 29.2 Å². The highest BCUT2D eigenvalue weighted by atomic mass is 32.2. The number of alkyl halides is 2. The predicted molar refractivity (Wildman–Crippen MR) is 57.8 cm³/mol. The van der Waals surface area contributed by atoms with E-state index in [0.717, 1.165) is 16.7 Å². The van der Waals surface area contributed by atoms with E-state index in [2.05, 4.69) is 0 Å². The minimum Gasteiger partial charge on any atom is -0.290 e. The van der Waals surface area contributed by atoms with Crippen molar-refractivity contribution in [2.75, 3.05) is 4.90 Å². The number of amides is 1. The highest BCUT2D eigenvalue weighted by Crippen LogP contribution is 2.57. The summed E-state index contributed by atoms with van der Waals surface area (Å²) in [6.07, 6.45) is -2.08. The zero-order chi connectivity index (χ0) is 11.3. The number of nitrogens with zero attached hydrogens (tertiary/aromatic N) is 1. The van der Waals surface area contributed by atoms with E-state index in [1.165, 1.54) is 4.90 Å². The molecule has 1 amide bonds. The lowest BCUT2D eigenvalue weighted by molar-refractivity contribution is -0.117. The summed E-state index contributed by atoms with van der Waals surface area (Å²) in [6.45, 7) is 0. The molecule has 2 aliphatic heterocycles. The van der Waals surface area contributed by atoms with Gasteiger partial charge in [0.25, 0.3) is 6.43 Å². The van der Waals surface area contributed by atoms with Crippen molar-refractivity contribution < 1.29 is 13.6 Å². The first-order valence-electron chi connectivity index (χ1n) is 5.04. The number of fused-ring (bicyclic) bond motifs is 3. The second kappa shape index (κ2) is 3.20. The Hall–Kier alpha value is -1.10. The Morgan fingerprint density at radius 1 is 1.38 bits per heavy atom. The highest BCUT2D eigenvalue weighted by molar-refractivity contribution is 8.01. The number of para-hydroxylation sites is 1. The smallest absolute Gasteiger partial charge is 0.271 e. The van der Waals surface area contributed by atoms with Crippen LogP contribution in [-0.4, -0.2) is 17.2 Å². The first-order chi connectivity index (χ1) is 7.65. The monoisotopic (exact) mass is 241 g/mol. The van der Waals surface area contributed by atoms with E-state index in [1.54, 1.807) is 24.3 Å². The van der Waals surface area contributed by atoms with Gasteiger partial charge in [0, 0.05) is 11.3 Å². The van der Waals surface area contributed by atoms with Crippen LogP contribution in [0.1, 0.15) is 12.8 Å². The van der Waals surface area contributed by atoms with Gasteiger partial charge >= 0.3 is 0 Å². The van der Waals surface area contributed by atoms with Crippen molar-refractivity contribution in [3.8, 4) is 0 Å². The number of rotatable bonds is 1. The standard InChI is InChI=1S/C11H9F2NOS/c12-10(13)11-6-5-9(15)14(11)7-3-1-2-4-8(7)16-11/h1-4,10H,5-6H2/t11-/m1/s1. The van der Waals surface area contributed by atoms with Gasteiger partial charge in [0.05, 0.1) is 5.69 Å². The van der Waals surface area contributed by atoms with Crippen LogP contribution in [0.3, 0.4) is 0 Å². The lowest BCUT2D eigenvalue weighted by Crippen LogP contribution is -2.45. The molecule has 1 saturated heterocycles. The lowest BCUT2D eigenvalue weighted by atomic mass is 10.2. The second-order valence-electron chi connectivity index (χ2n) is 3.94. The van der Waals surface area contributed by atoms with Gasteiger partial charge in [-0.05, 0) is 18.6 Å². The van der Waals surface area contributed by atoms with Crippen LogP contribution in [-0.2, 0) is 4.79 Å². The van der Waals surface area contributed by atoms with Gasteiger partial charge in [-0.25, -0.2) is 8.78 Å². The van der Waals surface area contributed by atoms with Crippen molar-refractivity contribution in [3.05, 3.63) is 24.3 Å². The molecule has 1 aromatic carbocycles. The molecular weight excluding hydrogens is 232 g/mol. The van der Waals surface area contributed by atoms with Crippen molar-refractivity contribution in [2.45, 2.75) is 29.0 Å². The minimum atomic E-state index is -2.52. The Balaban J connectivity index is 2.16. The van der Waals surface area contributed by atoms with Crippen molar-refractivity contribution in [2.24, 2.45) is 0 Å². The van der Waals surface area contributed by atoms with E-state index in [1.807, 2.05) is 0 Å². The van der Waals surface area contributed by atoms with Crippen LogP contribution in [0.4, 0.5) is 14.5 Å². The van der Waals surface area contributed by atoms with Crippen LogP contribution in [0.5, 0.6) is 0 Å². The van der Waals surface area contributed by atoms with Crippen LogP contribution >= 0.6 is 11.8 Å². The summed E-state index contributed by atoms with van der Waals surface area (Å²) in [5.41, 5.74) is 0.635. The number of carbonyl (C=O) groups excluding carboxylic acids is 1. The van der Waals surface area contributed by atoms with Crippen molar-refractivity contribution in [1.82, 2.24) is 0 Å². The minimum absolute atomic E-state index is 0.197. The van der Waals surface area contributed by atoms with Gasteiger partial charge in [-0.2, -0.15) is 0 Å². The van der Waals surface area contributed by atoms with Crippen LogP contribution in [0.25, 0.3) is 0 Å². The molecule has 0 bridgehead atoms. The van der Waals surface area contributed by atoms with E-state index >= 15 is 0 Å². The number of benzene rings is 1. The topological polar surface area (TPSA) is 20.3 Å². The van der Waals surface area contributed by atoms with Crippen molar-refractivity contribution >= 4 is 23.4 Å². The molecule has 2 heterocycles. The zero-order valence-electron chi connectivity index (χ0n) is 8.32. The quantitative estimate of drug-likeness (QED) is 0.753. The maximum atomic E-state index is 13.2. The summed E-state index contributed by atoms with van der Waals surface area (Å²) < 4.78 is 26.4. The molecule has 0 N–H and O–H groups in total.